The fraction of sp³-hybridized carbons (Fsp3) is 0.238. The van der Waals surface area contributed by atoms with Gasteiger partial charge in [-0.05, 0) is 36.0 Å². The second-order valence-electron chi connectivity index (χ2n) is 7.15. The number of rotatable bonds is 6. The quantitative estimate of drug-likeness (QED) is 0.467. The zero-order chi connectivity index (χ0) is 21.1. The van der Waals surface area contributed by atoms with Crippen LogP contribution in [0, 0.1) is 0 Å². The summed E-state index contributed by atoms with van der Waals surface area (Å²) in [5.74, 6) is 2.26. The van der Waals surface area contributed by atoms with Crippen LogP contribution in [0.25, 0.3) is 17.1 Å². The normalized spacial score (nSPS) is 11.1. The molecule has 4 rings (SSSR count). The van der Waals surface area contributed by atoms with Crippen molar-refractivity contribution in [2.45, 2.75) is 30.1 Å². The van der Waals surface area contributed by atoms with Gasteiger partial charge in [0, 0.05) is 43.7 Å². The highest BCUT2D eigenvalue weighted by atomic mass is 32.2. The molecule has 0 aliphatic heterocycles. The van der Waals surface area contributed by atoms with Crippen molar-refractivity contribution in [3.63, 3.8) is 0 Å². The molecule has 0 aliphatic carbocycles. The van der Waals surface area contributed by atoms with Crippen molar-refractivity contribution in [3.8, 4) is 17.1 Å². The Hall–Kier alpha value is -3.33. The Kier molecular flexibility index (Phi) is 5.71. The number of nitrogens with zero attached hydrogens (tertiary/aromatic N) is 8. The summed E-state index contributed by atoms with van der Waals surface area (Å²) in [5, 5.41) is 10.1. The first-order valence-electron chi connectivity index (χ1n) is 9.55. The highest BCUT2D eigenvalue weighted by molar-refractivity contribution is 7.99. The van der Waals surface area contributed by atoms with Crippen molar-refractivity contribution in [1.82, 2.24) is 34.7 Å². The molecule has 3 aromatic heterocycles. The Labute approximate surface area is 179 Å². The highest BCUT2D eigenvalue weighted by Crippen LogP contribution is 2.31. The van der Waals surface area contributed by atoms with E-state index in [4.69, 9.17) is 0 Å². The minimum Gasteiger partial charge on any atom is -0.347 e. The maximum absolute atomic E-state index is 4.65. The van der Waals surface area contributed by atoms with E-state index in [0.717, 1.165) is 17.1 Å². The molecule has 3 heterocycles. The molecule has 0 spiro atoms. The van der Waals surface area contributed by atoms with Gasteiger partial charge in [0.2, 0.25) is 16.3 Å². The van der Waals surface area contributed by atoms with Gasteiger partial charge in [-0.25, -0.2) is 4.98 Å². The van der Waals surface area contributed by atoms with Crippen LogP contribution in [0.2, 0.25) is 0 Å². The molecule has 0 saturated heterocycles. The van der Waals surface area contributed by atoms with E-state index < -0.39 is 0 Å². The van der Waals surface area contributed by atoms with E-state index in [0.29, 0.717) is 22.1 Å². The first-order chi connectivity index (χ1) is 14.5. The van der Waals surface area contributed by atoms with Gasteiger partial charge >= 0.3 is 0 Å². The molecule has 1 aromatic carbocycles. The van der Waals surface area contributed by atoms with E-state index in [-0.39, 0.29) is 5.92 Å². The fourth-order valence-electron chi connectivity index (χ4n) is 2.77. The second kappa shape index (κ2) is 8.58. The minimum atomic E-state index is 0.184. The average molecular weight is 419 g/mol. The molecule has 0 aliphatic rings. The van der Waals surface area contributed by atoms with E-state index in [1.165, 1.54) is 11.8 Å². The molecule has 0 amide bonds. The zero-order valence-electron chi connectivity index (χ0n) is 17.3. The lowest BCUT2D eigenvalue weighted by Crippen LogP contribution is -2.16. The Balaban J connectivity index is 1.82. The maximum atomic E-state index is 4.65. The molecular formula is C21H22N8S. The van der Waals surface area contributed by atoms with Gasteiger partial charge < -0.3 is 4.90 Å². The van der Waals surface area contributed by atoms with Crippen LogP contribution in [0.3, 0.4) is 0 Å². The van der Waals surface area contributed by atoms with Gasteiger partial charge in [0.05, 0.1) is 0 Å². The van der Waals surface area contributed by atoms with E-state index in [9.17, 15) is 0 Å². The second-order valence-corrected chi connectivity index (χ2v) is 8.08. The Bertz CT molecular complexity index is 1100. The lowest BCUT2D eigenvalue weighted by molar-refractivity contribution is 0.714. The number of para-hydroxylation sites is 1. The summed E-state index contributed by atoms with van der Waals surface area (Å²) in [6.45, 7) is 4.13. The molecule has 0 fully saturated rings. The molecule has 0 saturated carbocycles. The summed E-state index contributed by atoms with van der Waals surface area (Å²) in [7, 11) is 3.84. The van der Waals surface area contributed by atoms with Gasteiger partial charge in [-0.15, -0.1) is 10.2 Å². The minimum absolute atomic E-state index is 0.184. The van der Waals surface area contributed by atoms with Gasteiger partial charge in [0.25, 0.3) is 0 Å². The molecule has 4 aromatic rings. The predicted molar refractivity (Wildman–Crippen MR) is 117 cm³/mol. The SMILES string of the molecule is CC(C)c1nc(Sc2nnc(-c3cccnc3)n2-c2ccccc2)nc(N(C)C)n1. The lowest BCUT2D eigenvalue weighted by Gasteiger charge is -2.14. The van der Waals surface area contributed by atoms with Crippen LogP contribution in [0.4, 0.5) is 5.95 Å². The molecule has 0 atom stereocenters. The summed E-state index contributed by atoms with van der Waals surface area (Å²) in [4.78, 5) is 19.9. The van der Waals surface area contributed by atoms with Crippen LogP contribution < -0.4 is 4.90 Å². The summed E-state index contributed by atoms with van der Waals surface area (Å²) in [6.07, 6.45) is 3.52. The van der Waals surface area contributed by atoms with Crippen molar-refractivity contribution in [3.05, 3.63) is 60.7 Å². The van der Waals surface area contributed by atoms with Gasteiger partial charge in [-0.2, -0.15) is 9.97 Å². The van der Waals surface area contributed by atoms with Crippen LogP contribution >= 0.6 is 11.8 Å². The largest absolute Gasteiger partial charge is 0.347 e. The molecule has 0 unspecified atom stereocenters. The Morgan fingerprint density at radius 2 is 1.73 bits per heavy atom. The zero-order valence-corrected chi connectivity index (χ0v) is 18.1. The first-order valence-corrected chi connectivity index (χ1v) is 10.4. The summed E-state index contributed by atoms with van der Waals surface area (Å²) >= 11 is 1.37. The maximum Gasteiger partial charge on any atom is 0.229 e. The van der Waals surface area contributed by atoms with Gasteiger partial charge in [0.1, 0.15) is 5.82 Å². The van der Waals surface area contributed by atoms with Crippen LogP contribution in [0.1, 0.15) is 25.6 Å². The summed E-state index contributed by atoms with van der Waals surface area (Å²) < 4.78 is 2.00. The average Bonchev–Trinajstić information content (AvgIpc) is 3.18. The molecule has 0 radical (unpaired) electrons. The Morgan fingerprint density at radius 3 is 2.40 bits per heavy atom. The van der Waals surface area contributed by atoms with Crippen molar-refractivity contribution in [2.24, 2.45) is 0 Å². The number of pyridine rings is 1. The topological polar surface area (TPSA) is 85.5 Å². The van der Waals surface area contributed by atoms with Gasteiger partial charge in [-0.3, -0.25) is 9.55 Å². The van der Waals surface area contributed by atoms with Crippen molar-refractivity contribution < 1.29 is 0 Å². The number of anilines is 1. The smallest absolute Gasteiger partial charge is 0.229 e. The molecule has 9 heteroatoms. The standard InChI is InChI=1S/C21H22N8S/c1-14(2)17-23-19(28(3)4)25-20(24-17)30-21-27-26-18(15-9-8-12-22-13-15)29(21)16-10-6-5-7-11-16/h5-14H,1-4H3. The van der Waals surface area contributed by atoms with Crippen LogP contribution in [0.5, 0.6) is 0 Å². The first kappa shape index (κ1) is 20.0. The number of hydrogen-bond acceptors (Lipinski definition) is 8. The van der Waals surface area contributed by atoms with E-state index >= 15 is 0 Å². The molecule has 30 heavy (non-hydrogen) atoms. The number of aromatic nitrogens is 7. The molecule has 0 N–H and O–H groups in total. The van der Waals surface area contributed by atoms with Gasteiger partial charge in [-0.1, -0.05) is 32.0 Å². The third-order valence-corrected chi connectivity index (χ3v) is 5.10. The summed E-state index contributed by atoms with van der Waals surface area (Å²) in [6, 6.07) is 13.8. The van der Waals surface area contributed by atoms with Crippen LogP contribution in [-0.4, -0.2) is 48.8 Å². The molecular weight excluding hydrogens is 396 g/mol. The third-order valence-electron chi connectivity index (χ3n) is 4.29. The number of hydrogen-bond donors (Lipinski definition) is 0. The van der Waals surface area contributed by atoms with Crippen LogP contribution in [0.15, 0.2) is 65.2 Å². The van der Waals surface area contributed by atoms with Crippen molar-refractivity contribution >= 4 is 17.7 Å². The monoisotopic (exact) mass is 418 g/mol. The highest BCUT2D eigenvalue weighted by Gasteiger charge is 2.19. The van der Waals surface area contributed by atoms with Crippen molar-refractivity contribution in [1.29, 1.82) is 0 Å². The third kappa shape index (κ3) is 4.16. The van der Waals surface area contributed by atoms with Gasteiger partial charge in [0.15, 0.2) is 5.82 Å². The number of benzene rings is 1. The summed E-state index contributed by atoms with van der Waals surface area (Å²) in [5.41, 5.74) is 1.84. The van der Waals surface area contributed by atoms with E-state index in [1.807, 2.05) is 66.0 Å². The van der Waals surface area contributed by atoms with E-state index in [1.54, 1.807) is 12.4 Å². The predicted octanol–water partition coefficient (Wildman–Crippen LogP) is 3.85. The molecule has 8 nitrogen and oxygen atoms in total. The molecule has 0 bridgehead atoms. The lowest BCUT2D eigenvalue weighted by atomic mass is 10.2. The van der Waals surface area contributed by atoms with Crippen molar-refractivity contribution in [2.75, 3.05) is 19.0 Å². The molecule has 152 valence electrons. The fourth-order valence-corrected chi connectivity index (χ4v) is 3.57. The Morgan fingerprint density at radius 1 is 0.933 bits per heavy atom. The van der Waals surface area contributed by atoms with E-state index in [2.05, 4.69) is 44.0 Å². The van der Waals surface area contributed by atoms with Crippen LogP contribution in [-0.2, 0) is 0 Å².